The molecule has 3 rings (SSSR count). The van der Waals surface area contributed by atoms with Crippen LogP contribution in [-0.2, 0) is 0 Å². The van der Waals surface area contributed by atoms with Crippen molar-refractivity contribution in [3.63, 3.8) is 0 Å². The molecular weight excluding hydrogens is 534 g/mol. The average molecular weight is 591 g/mol. The average Bonchev–Trinajstić information content (AvgIpc) is 2.94. The maximum atomic E-state index is 12.8. The molecule has 2 aromatic rings. The lowest BCUT2D eigenvalue weighted by atomic mass is 9.81. The first kappa shape index (κ1) is 39.2. The van der Waals surface area contributed by atoms with Gasteiger partial charge in [0.25, 0.3) is 0 Å². The van der Waals surface area contributed by atoms with E-state index < -0.39 is 0 Å². The van der Waals surface area contributed by atoms with Crippen LogP contribution in [-0.4, -0.2) is 50.6 Å². The highest BCUT2D eigenvalue weighted by Gasteiger charge is 2.27. The number of benzene rings is 2. The van der Waals surface area contributed by atoms with E-state index in [1.165, 1.54) is 23.3 Å². The van der Waals surface area contributed by atoms with Crippen LogP contribution in [0.15, 0.2) is 91.1 Å². The van der Waals surface area contributed by atoms with Gasteiger partial charge in [-0.25, -0.2) is 4.39 Å². The molecule has 0 aliphatic carbocycles. The van der Waals surface area contributed by atoms with Gasteiger partial charge in [-0.3, -0.25) is 4.90 Å². The second-order valence-corrected chi connectivity index (χ2v) is 12.8. The number of piperidine rings is 1. The van der Waals surface area contributed by atoms with E-state index in [1.807, 2.05) is 56.4 Å². The first-order valence-electron chi connectivity index (χ1n) is 14.7. The molecule has 0 N–H and O–H groups in total. The van der Waals surface area contributed by atoms with Gasteiger partial charge in [0.05, 0.1) is 0 Å². The third-order valence-corrected chi connectivity index (χ3v) is 6.61. The smallest absolute Gasteiger partial charge is 0.123 e. The molecule has 2 nitrogen and oxygen atoms in total. The highest BCUT2D eigenvalue weighted by atomic mass is 31.0. The van der Waals surface area contributed by atoms with Gasteiger partial charge in [-0.15, -0.1) is 21.6 Å². The summed E-state index contributed by atoms with van der Waals surface area (Å²) in [7, 11) is 8.58. The van der Waals surface area contributed by atoms with E-state index in [0.29, 0.717) is 0 Å². The van der Waals surface area contributed by atoms with Crippen LogP contribution in [0.1, 0.15) is 59.9 Å². The van der Waals surface area contributed by atoms with Gasteiger partial charge in [-0.05, 0) is 113 Å². The van der Waals surface area contributed by atoms with Gasteiger partial charge in [0.1, 0.15) is 5.82 Å². The molecule has 0 bridgehead atoms. The third kappa shape index (κ3) is 17.9. The number of nitrogens with zero attached hydrogens (tertiary/aromatic N) is 2. The topological polar surface area (TPSA) is 6.48 Å². The van der Waals surface area contributed by atoms with Crippen LogP contribution in [0.4, 0.5) is 4.39 Å². The number of likely N-dealkylation sites (tertiary alicyclic amines) is 1. The Morgan fingerprint density at radius 1 is 1.05 bits per heavy atom. The molecule has 0 radical (unpaired) electrons. The Morgan fingerprint density at radius 2 is 1.48 bits per heavy atom. The molecule has 230 valence electrons. The lowest BCUT2D eigenvalue weighted by molar-refractivity contribution is 0.170. The molecule has 1 fully saturated rings. The van der Waals surface area contributed by atoms with Crippen molar-refractivity contribution in [2.45, 2.75) is 54.4 Å². The summed E-state index contributed by atoms with van der Waals surface area (Å²) >= 11 is 0. The van der Waals surface area contributed by atoms with Gasteiger partial charge in [-0.1, -0.05) is 94.1 Å². The molecule has 1 unspecified atom stereocenters. The van der Waals surface area contributed by atoms with Gasteiger partial charge < -0.3 is 4.90 Å². The molecule has 1 aliphatic rings. The zero-order valence-electron chi connectivity index (χ0n) is 27.8. The van der Waals surface area contributed by atoms with Gasteiger partial charge in [0.2, 0.25) is 0 Å². The third-order valence-electron chi connectivity index (χ3n) is 6.28. The van der Waals surface area contributed by atoms with Crippen LogP contribution in [0.3, 0.4) is 0 Å². The van der Waals surface area contributed by atoms with E-state index in [2.05, 4.69) is 86.9 Å². The van der Waals surface area contributed by atoms with E-state index in [0.717, 1.165) is 60.4 Å². The van der Waals surface area contributed by atoms with Crippen molar-refractivity contribution in [2.75, 3.05) is 40.8 Å². The Balaban J connectivity index is 0.000000640. The maximum absolute atomic E-state index is 12.8. The van der Waals surface area contributed by atoms with Crippen molar-refractivity contribution in [1.82, 2.24) is 9.80 Å². The Hall–Kier alpha value is -2.76. The molecule has 4 heteroatoms. The monoisotopic (exact) mass is 590 g/mol. The van der Waals surface area contributed by atoms with Crippen LogP contribution >= 0.6 is 9.24 Å². The molecule has 0 spiro atoms. The number of rotatable bonds is 6. The Bertz CT molecular complexity index is 1150. The highest BCUT2D eigenvalue weighted by molar-refractivity contribution is 7.31. The molecule has 2 aromatic carbocycles. The number of allylic oxidation sites excluding steroid dienone is 3. The van der Waals surface area contributed by atoms with Crippen LogP contribution < -0.4 is 0 Å². The minimum Gasteiger partial charge on any atom is -0.312 e. The van der Waals surface area contributed by atoms with Crippen LogP contribution in [0.25, 0.3) is 16.4 Å². The van der Waals surface area contributed by atoms with Crippen LogP contribution in [0.2, 0.25) is 0 Å². The fourth-order valence-corrected chi connectivity index (χ4v) is 3.86. The van der Waals surface area contributed by atoms with E-state index in [4.69, 9.17) is 6.42 Å². The summed E-state index contributed by atoms with van der Waals surface area (Å²) in [6.45, 7) is 23.8. The second-order valence-electron chi connectivity index (χ2n) is 12.1. The quantitative estimate of drug-likeness (QED) is 0.188. The van der Waals surface area contributed by atoms with Crippen LogP contribution in [0, 0.1) is 29.5 Å². The van der Waals surface area contributed by atoms with Crippen molar-refractivity contribution < 1.29 is 4.39 Å². The summed E-state index contributed by atoms with van der Waals surface area (Å²) in [6, 6.07) is 14.5. The first-order valence-corrected chi connectivity index (χ1v) is 15.3. The molecule has 0 amide bonds. The summed E-state index contributed by atoms with van der Waals surface area (Å²) in [6.07, 6.45) is 14.1. The van der Waals surface area contributed by atoms with Crippen LogP contribution in [0.5, 0.6) is 0 Å². The number of hydrogen-bond donors (Lipinski definition) is 0. The maximum Gasteiger partial charge on any atom is 0.123 e. The SMILES string of the molecule is C#CC1(C)CCN(C/C(C=C)=C/C(C)=C\C)CC1.C=C(P)c1ccc(-c2ccc(F)cc2)cc1.CC(C)C.CN(C)C. The standard InChI is InChI=1S/C17H25N.C14H12FP.C4H10.C3H9N/c1-6-15(4)13-16(7-2)14-18-11-9-17(5,8-3)10-12-18;1-10(16)11-2-4-12(5-3-11)13-6-8-14(15)9-7-13;2*1-4(2)3/h3,6-7,13H,2,9-12,14H2,1,4-5H3;2-9H,1,16H2;4H,1-3H3;1-3H3/b15-6-,16-13+;;;. The lowest BCUT2D eigenvalue weighted by Gasteiger charge is -2.36. The lowest BCUT2D eigenvalue weighted by Crippen LogP contribution is -2.38. The Morgan fingerprint density at radius 3 is 1.83 bits per heavy atom. The molecule has 1 saturated heterocycles. The van der Waals surface area contributed by atoms with Gasteiger partial charge in [-0.2, -0.15) is 0 Å². The van der Waals surface area contributed by atoms with Gasteiger partial charge in [0.15, 0.2) is 0 Å². The minimum absolute atomic E-state index is 0.105. The summed E-state index contributed by atoms with van der Waals surface area (Å²) in [5.41, 5.74) is 5.87. The molecule has 1 heterocycles. The minimum atomic E-state index is -0.210. The molecule has 1 aliphatic heterocycles. The fraction of sp³-hybridized carbons (Fsp3) is 0.421. The largest absolute Gasteiger partial charge is 0.312 e. The number of hydrogen-bond acceptors (Lipinski definition) is 2. The molecular formula is C38H56FN2P. The van der Waals surface area contributed by atoms with E-state index in [-0.39, 0.29) is 11.2 Å². The van der Waals surface area contributed by atoms with E-state index in [1.54, 1.807) is 12.1 Å². The summed E-state index contributed by atoms with van der Waals surface area (Å²) in [5, 5.41) is 0.964. The molecule has 42 heavy (non-hydrogen) atoms. The van der Waals surface area contributed by atoms with Crippen molar-refractivity contribution in [1.29, 1.82) is 0 Å². The zero-order valence-corrected chi connectivity index (χ0v) is 29.0. The normalized spacial score (nSPS) is 14.8. The predicted molar refractivity (Wildman–Crippen MR) is 191 cm³/mol. The highest BCUT2D eigenvalue weighted by Crippen LogP contribution is 2.30. The molecule has 0 saturated carbocycles. The second kappa shape index (κ2) is 21.0. The van der Waals surface area contributed by atoms with E-state index in [9.17, 15) is 4.39 Å². The van der Waals surface area contributed by atoms with Gasteiger partial charge in [0, 0.05) is 12.0 Å². The Labute approximate surface area is 260 Å². The van der Waals surface area contributed by atoms with Crippen molar-refractivity contribution in [3.8, 4) is 23.5 Å². The molecule has 1 atom stereocenters. The van der Waals surface area contributed by atoms with Gasteiger partial charge >= 0.3 is 0 Å². The van der Waals surface area contributed by atoms with E-state index >= 15 is 0 Å². The summed E-state index contributed by atoms with van der Waals surface area (Å²) in [5.74, 6) is 3.56. The zero-order chi connectivity index (χ0) is 32.3. The first-order chi connectivity index (χ1) is 19.7. The fourth-order valence-electron chi connectivity index (χ4n) is 3.67. The number of terminal acetylenes is 1. The summed E-state index contributed by atoms with van der Waals surface area (Å²) in [4.78, 5) is 4.47. The number of halogens is 1. The van der Waals surface area contributed by atoms with Crippen molar-refractivity contribution >= 4 is 14.6 Å². The van der Waals surface area contributed by atoms with Crippen molar-refractivity contribution in [2.24, 2.45) is 11.3 Å². The Kier molecular flexibility index (Phi) is 19.6. The predicted octanol–water partition coefficient (Wildman–Crippen LogP) is 9.98. The molecule has 0 aromatic heterocycles. The summed E-state index contributed by atoms with van der Waals surface area (Å²) < 4.78 is 12.8. The van der Waals surface area contributed by atoms with Crippen molar-refractivity contribution in [3.05, 3.63) is 102 Å².